The summed E-state index contributed by atoms with van der Waals surface area (Å²) in [5, 5.41) is 20.3. The van der Waals surface area contributed by atoms with E-state index in [1.807, 2.05) is 6.92 Å². The Kier molecular flexibility index (Phi) is 5.84. The molecule has 2 aliphatic rings. The van der Waals surface area contributed by atoms with Crippen molar-refractivity contribution in [2.45, 2.75) is 70.1 Å². The summed E-state index contributed by atoms with van der Waals surface area (Å²) in [4.78, 5) is 4.85. The van der Waals surface area contributed by atoms with Crippen molar-refractivity contribution in [1.82, 2.24) is 9.80 Å². The maximum Gasteiger partial charge on any atom is 0.0774 e. The molecule has 2 N–H and O–H groups in total. The molecule has 2 rings (SSSR count). The molecule has 20 heavy (non-hydrogen) atoms. The summed E-state index contributed by atoms with van der Waals surface area (Å²) in [5.41, 5.74) is -0.441. The fraction of sp³-hybridized carbons (Fsp3) is 1.00. The highest BCUT2D eigenvalue weighted by molar-refractivity contribution is 4.89. The van der Waals surface area contributed by atoms with E-state index in [0.717, 1.165) is 52.0 Å². The molecule has 0 aromatic rings. The summed E-state index contributed by atoms with van der Waals surface area (Å²) in [7, 11) is 0. The highest BCUT2D eigenvalue weighted by Gasteiger charge is 2.34. The van der Waals surface area contributed by atoms with E-state index in [0.29, 0.717) is 6.04 Å². The summed E-state index contributed by atoms with van der Waals surface area (Å²) in [6.07, 6.45) is 6.43. The number of aliphatic hydroxyl groups is 2. The number of piperazine rings is 1. The molecule has 1 aliphatic carbocycles. The van der Waals surface area contributed by atoms with Crippen molar-refractivity contribution >= 4 is 0 Å². The third kappa shape index (κ3) is 4.42. The Balaban J connectivity index is 1.86. The van der Waals surface area contributed by atoms with E-state index < -0.39 is 5.60 Å². The molecule has 1 saturated heterocycles. The molecular formula is C16H32N2O2. The molecule has 0 radical (unpaired) electrons. The lowest BCUT2D eigenvalue weighted by Crippen LogP contribution is -2.57. The zero-order valence-electron chi connectivity index (χ0n) is 13.2. The number of rotatable bonds is 5. The highest BCUT2D eigenvalue weighted by Crippen LogP contribution is 2.29. The average Bonchev–Trinajstić information content (AvgIpc) is 2.40. The van der Waals surface area contributed by atoms with Crippen molar-refractivity contribution in [2.24, 2.45) is 0 Å². The molecule has 0 aromatic heterocycles. The minimum atomic E-state index is -0.441. The van der Waals surface area contributed by atoms with Gasteiger partial charge in [0.2, 0.25) is 0 Å². The van der Waals surface area contributed by atoms with Gasteiger partial charge in [0.15, 0.2) is 0 Å². The van der Waals surface area contributed by atoms with Crippen molar-refractivity contribution in [1.29, 1.82) is 0 Å². The summed E-state index contributed by atoms with van der Waals surface area (Å²) >= 11 is 0. The van der Waals surface area contributed by atoms with Gasteiger partial charge in [-0.25, -0.2) is 0 Å². The Hall–Kier alpha value is -0.160. The van der Waals surface area contributed by atoms with Crippen molar-refractivity contribution in [2.75, 3.05) is 32.7 Å². The second-order valence-corrected chi connectivity index (χ2v) is 6.93. The third-order valence-corrected chi connectivity index (χ3v) is 4.96. The van der Waals surface area contributed by atoms with Gasteiger partial charge in [-0.1, -0.05) is 26.2 Å². The minimum Gasteiger partial charge on any atom is -0.392 e. The largest absolute Gasteiger partial charge is 0.392 e. The van der Waals surface area contributed by atoms with Gasteiger partial charge >= 0.3 is 0 Å². The van der Waals surface area contributed by atoms with Crippen LogP contribution in [-0.2, 0) is 0 Å². The number of hydrogen-bond acceptors (Lipinski definition) is 4. The maximum absolute atomic E-state index is 10.7. The second-order valence-electron chi connectivity index (χ2n) is 6.93. The SMILES string of the molecule is CCC1CN(CC2(O)CCCCC2)CCN1CC(C)O. The van der Waals surface area contributed by atoms with Gasteiger partial charge in [0.25, 0.3) is 0 Å². The van der Waals surface area contributed by atoms with Crippen LogP contribution in [-0.4, -0.2) is 70.5 Å². The van der Waals surface area contributed by atoms with Crippen molar-refractivity contribution in [3.63, 3.8) is 0 Å². The first-order valence-corrected chi connectivity index (χ1v) is 8.39. The summed E-state index contributed by atoms with van der Waals surface area (Å²) in [6.45, 7) is 8.77. The lowest BCUT2D eigenvalue weighted by molar-refractivity contribution is -0.0478. The fourth-order valence-electron chi connectivity index (χ4n) is 3.85. The second kappa shape index (κ2) is 7.21. The van der Waals surface area contributed by atoms with Crippen LogP contribution in [0.5, 0.6) is 0 Å². The standard InChI is InChI=1S/C16H32N2O2/c1-3-15-12-17(9-10-18(15)11-14(2)19)13-16(20)7-5-4-6-8-16/h14-15,19-20H,3-13H2,1-2H3. The van der Waals surface area contributed by atoms with Crippen molar-refractivity contribution in [3.8, 4) is 0 Å². The van der Waals surface area contributed by atoms with E-state index in [2.05, 4.69) is 16.7 Å². The molecule has 4 nitrogen and oxygen atoms in total. The predicted octanol–water partition coefficient (Wildman–Crippen LogP) is 1.46. The van der Waals surface area contributed by atoms with Gasteiger partial charge in [-0.3, -0.25) is 9.80 Å². The maximum atomic E-state index is 10.7. The highest BCUT2D eigenvalue weighted by atomic mass is 16.3. The van der Waals surface area contributed by atoms with E-state index in [9.17, 15) is 10.2 Å². The van der Waals surface area contributed by atoms with Crippen LogP contribution in [0.25, 0.3) is 0 Å². The molecule has 2 atom stereocenters. The van der Waals surface area contributed by atoms with Crippen LogP contribution in [0.2, 0.25) is 0 Å². The fourth-order valence-corrected chi connectivity index (χ4v) is 3.85. The van der Waals surface area contributed by atoms with Gasteiger partial charge in [-0.2, -0.15) is 0 Å². The first kappa shape index (κ1) is 16.2. The molecule has 0 spiro atoms. The minimum absolute atomic E-state index is 0.252. The number of nitrogens with zero attached hydrogens (tertiary/aromatic N) is 2. The third-order valence-electron chi connectivity index (χ3n) is 4.96. The van der Waals surface area contributed by atoms with Crippen LogP contribution in [0, 0.1) is 0 Å². The molecule has 0 amide bonds. The van der Waals surface area contributed by atoms with E-state index >= 15 is 0 Å². The van der Waals surface area contributed by atoms with Crippen LogP contribution in [0.3, 0.4) is 0 Å². The lowest BCUT2D eigenvalue weighted by Gasteiger charge is -2.45. The van der Waals surface area contributed by atoms with Gasteiger partial charge in [0, 0.05) is 38.8 Å². The van der Waals surface area contributed by atoms with Crippen molar-refractivity contribution < 1.29 is 10.2 Å². The van der Waals surface area contributed by atoms with E-state index in [-0.39, 0.29) is 6.10 Å². The van der Waals surface area contributed by atoms with E-state index in [4.69, 9.17) is 0 Å². The number of hydrogen-bond donors (Lipinski definition) is 2. The van der Waals surface area contributed by atoms with Gasteiger partial charge in [0.1, 0.15) is 0 Å². The molecular weight excluding hydrogens is 252 g/mol. The first-order chi connectivity index (χ1) is 9.52. The molecule has 0 aromatic carbocycles. The zero-order chi connectivity index (χ0) is 14.6. The van der Waals surface area contributed by atoms with E-state index in [1.54, 1.807) is 0 Å². The Morgan fingerprint density at radius 1 is 1.20 bits per heavy atom. The number of β-amino-alcohol motifs (C(OH)–C–C–N with tert-alkyl or cyclic N) is 2. The molecule has 0 bridgehead atoms. The number of aliphatic hydroxyl groups excluding tert-OH is 1. The van der Waals surface area contributed by atoms with Crippen LogP contribution >= 0.6 is 0 Å². The predicted molar refractivity (Wildman–Crippen MR) is 81.8 cm³/mol. The monoisotopic (exact) mass is 284 g/mol. The molecule has 2 unspecified atom stereocenters. The Bertz CT molecular complexity index is 290. The van der Waals surface area contributed by atoms with Gasteiger partial charge in [0.05, 0.1) is 11.7 Å². The van der Waals surface area contributed by atoms with Gasteiger partial charge in [-0.15, -0.1) is 0 Å². The van der Waals surface area contributed by atoms with Crippen LogP contribution in [0.1, 0.15) is 52.4 Å². The smallest absolute Gasteiger partial charge is 0.0774 e. The quantitative estimate of drug-likeness (QED) is 0.802. The van der Waals surface area contributed by atoms with Gasteiger partial charge < -0.3 is 10.2 Å². The van der Waals surface area contributed by atoms with Crippen LogP contribution in [0.4, 0.5) is 0 Å². The molecule has 2 fully saturated rings. The zero-order valence-corrected chi connectivity index (χ0v) is 13.2. The topological polar surface area (TPSA) is 46.9 Å². The summed E-state index contributed by atoms with van der Waals surface area (Å²) < 4.78 is 0. The molecule has 1 saturated carbocycles. The lowest BCUT2D eigenvalue weighted by atomic mass is 9.84. The Morgan fingerprint density at radius 3 is 2.50 bits per heavy atom. The molecule has 4 heteroatoms. The van der Waals surface area contributed by atoms with Crippen LogP contribution in [0.15, 0.2) is 0 Å². The molecule has 118 valence electrons. The van der Waals surface area contributed by atoms with Crippen LogP contribution < -0.4 is 0 Å². The van der Waals surface area contributed by atoms with E-state index in [1.165, 1.54) is 19.3 Å². The summed E-state index contributed by atoms with van der Waals surface area (Å²) in [6, 6.07) is 0.519. The Labute approximate surface area is 123 Å². The summed E-state index contributed by atoms with van der Waals surface area (Å²) in [5.74, 6) is 0. The van der Waals surface area contributed by atoms with Crippen molar-refractivity contribution in [3.05, 3.63) is 0 Å². The average molecular weight is 284 g/mol. The first-order valence-electron chi connectivity index (χ1n) is 8.39. The van der Waals surface area contributed by atoms with Gasteiger partial charge in [-0.05, 0) is 26.2 Å². The Morgan fingerprint density at radius 2 is 1.90 bits per heavy atom. The molecule has 1 heterocycles. The normalized spacial score (nSPS) is 30.3. The molecule has 1 aliphatic heterocycles.